The molecule has 0 aromatic carbocycles. The highest BCUT2D eigenvalue weighted by molar-refractivity contribution is 5.08. The van der Waals surface area contributed by atoms with E-state index in [2.05, 4.69) is 0 Å². The van der Waals surface area contributed by atoms with E-state index in [1.807, 2.05) is 0 Å². The minimum absolute atomic E-state index is 0.487. The largest absolute Gasteiger partial charge is 0.456 e. The van der Waals surface area contributed by atoms with Gasteiger partial charge in [0.05, 0.1) is 0 Å². The van der Waals surface area contributed by atoms with Crippen LogP contribution in [-0.2, 0) is 0 Å². The van der Waals surface area contributed by atoms with Crippen molar-refractivity contribution in [3.63, 3.8) is 0 Å². The van der Waals surface area contributed by atoms with Crippen molar-refractivity contribution in [2.24, 2.45) is 0 Å². The smallest absolute Gasteiger partial charge is 0.383 e. The van der Waals surface area contributed by atoms with Gasteiger partial charge in [0.2, 0.25) is 0 Å². The molecule has 0 bridgehead atoms. The van der Waals surface area contributed by atoms with Gasteiger partial charge < -0.3 is 5.11 Å². The Balaban J connectivity index is 2.82. The van der Waals surface area contributed by atoms with Crippen LogP contribution >= 0.6 is 0 Å². The van der Waals surface area contributed by atoms with Crippen molar-refractivity contribution in [1.82, 2.24) is 0 Å². The lowest BCUT2D eigenvalue weighted by molar-refractivity contribution is -0.320. The predicted octanol–water partition coefficient (Wildman–Crippen LogP) is 1.71. The molecule has 0 spiro atoms. The van der Waals surface area contributed by atoms with Gasteiger partial charge in [-0.05, 0) is 12.8 Å². The molecule has 66 valence electrons. The summed E-state index contributed by atoms with van der Waals surface area (Å²) in [6.07, 6.45) is -6.61. The standard InChI is InChI=1S/C5H5F5O/c6-4(7,5(8,9)10)3(11)1-2-3/h11H,1-2H2. The van der Waals surface area contributed by atoms with E-state index in [1.54, 1.807) is 0 Å². The van der Waals surface area contributed by atoms with E-state index < -0.39 is 30.5 Å². The van der Waals surface area contributed by atoms with Crippen molar-refractivity contribution >= 4 is 0 Å². The third kappa shape index (κ3) is 1.09. The van der Waals surface area contributed by atoms with E-state index >= 15 is 0 Å². The van der Waals surface area contributed by atoms with Gasteiger partial charge in [-0.3, -0.25) is 0 Å². The van der Waals surface area contributed by atoms with Crippen molar-refractivity contribution < 1.29 is 27.1 Å². The molecule has 1 saturated carbocycles. The lowest BCUT2D eigenvalue weighted by atomic mass is 10.1. The summed E-state index contributed by atoms with van der Waals surface area (Å²) in [5, 5.41) is 8.52. The minimum atomic E-state index is -5.64. The normalized spacial score (nSPS) is 23.5. The zero-order valence-electron chi connectivity index (χ0n) is 5.25. The topological polar surface area (TPSA) is 20.2 Å². The molecule has 1 rings (SSSR count). The minimum Gasteiger partial charge on any atom is -0.383 e. The van der Waals surface area contributed by atoms with Crippen molar-refractivity contribution in [3.8, 4) is 0 Å². The molecule has 1 N–H and O–H groups in total. The van der Waals surface area contributed by atoms with Crippen LogP contribution in [0.4, 0.5) is 22.0 Å². The number of hydrogen-bond acceptors (Lipinski definition) is 1. The summed E-state index contributed by atoms with van der Waals surface area (Å²) in [7, 11) is 0. The molecule has 11 heavy (non-hydrogen) atoms. The van der Waals surface area contributed by atoms with Gasteiger partial charge in [0.25, 0.3) is 0 Å². The summed E-state index contributed by atoms with van der Waals surface area (Å²) in [5.41, 5.74) is -2.83. The number of alkyl halides is 5. The van der Waals surface area contributed by atoms with E-state index in [9.17, 15) is 22.0 Å². The maximum Gasteiger partial charge on any atom is 0.456 e. The predicted molar refractivity (Wildman–Crippen MR) is 25.2 cm³/mol. The average Bonchev–Trinajstić information content (AvgIpc) is 2.45. The van der Waals surface area contributed by atoms with Crippen LogP contribution in [0.25, 0.3) is 0 Å². The second-order valence-electron chi connectivity index (χ2n) is 2.60. The highest BCUT2D eigenvalue weighted by Gasteiger charge is 2.74. The molecule has 0 unspecified atom stereocenters. The van der Waals surface area contributed by atoms with Crippen molar-refractivity contribution in [3.05, 3.63) is 0 Å². The molecule has 1 aliphatic rings. The monoisotopic (exact) mass is 176 g/mol. The summed E-state index contributed by atoms with van der Waals surface area (Å²) >= 11 is 0. The first-order chi connectivity index (χ1) is 4.71. The Kier molecular flexibility index (Phi) is 1.47. The van der Waals surface area contributed by atoms with E-state index in [4.69, 9.17) is 5.11 Å². The Morgan fingerprint density at radius 3 is 1.45 bits per heavy atom. The van der Waals surface area contributed by atoms with Gasteiger partial charge in [0, 0.05) is 0 Å². The van der Waals surface area contributed by atoms with E-state index in [0.717, 1.165) is 0 Å². The molecule has 1 nitrogen and oxygen atoms in total. The zero-order valence-corrected chi connectivity index (χ0v) is 5.25. The van der Waals surface area contributed by atoms with E-state index in [-0.39, 0.29) is 0 Å². The Labute approximate surface area is 58.8 Å². The highest BCUT2D eigenvalue weighted by atomic mass is 19.4. The van der Waals surface area contributed by atoms with Crippen LogP contribution in [0.3, 0.4) is 0 Å². The first-order valence-electron chi connectivity index (χ1n) is 2.88. The van der Waals surface area contributed by atoms with Crippen LogP contribution in [0.1, 0.15) is 12.8 Å². The Morgan fingerprint density at radius 1 is 1.00 bits per heavy atom. The van der Waals surface area contributed by atoms with Gasteiger partial charge in [-0.2, -0.15) is 22.0 Å². The quantitative estimate of drug-likeness (QED) is 0.603. The summed E-state index contributed by atoms with van der Waals surface area (Å²) < 4.78 is 58.6. The number of rotatable bonds is 1. The second-order valence-corrected chi connectivity index (χ2v) is 2.60. The molecule has 0 radical (unpaired) electrons. The fraction of sp³-hybridized carbons (Fsp3) is 1.00. The fourth-order valence-electron chi connectivity index (χ4n) is 0.696. The Bertz CT molecular complexity index is 161. The molecule has 6 heteroatoms. The van der Waals surface area contributed by atoms with Gasteiger partial charge in [0.15, 0.2) is 0 Å². The maximum absolute atomic E-state index is 12.1. The Morgan fingerprint density at radius 2 is 1.36 bits per heavy atom. The lowest BCUT2D eigenvalue weighted by Gasteiger charge is -2.24. The van der Waals surface area contributed by atoms with Crippen molar-refractivity contribution in [2.45, 2.75) is 30.5 Å². The molecule has 0 aromatic rings. The SMILES string of the molecule is OC1(C(F)(F)C(F)(F)F)CC1. The molecule has 0 saturated heterocycles. The molecular weight excluding hydrogens is 171 g/mol. The number of halogens is 5. The van der Waals surface area contributed by atoms with Crippen LogP contribution in [0, 0.1) is 0 Å². The van der Waals surface area contributed by atoms with Crippen LogP contribution in [0.5, 0.6) is 0 Å². The van der Waals surface area contributed by atoms with Crippen LogP contribution in [-0.4, -0.2) is 22.8 Å². The van der Waals surface area contributed by atoms with Gasteiger partial charge in [-0.1, -0.05) is 0 Å². The van der Waals surface area contributed by atoms with Crippen LogP contribution < -0.4 is 0 Å². The van der Waals surface area contributed by atoms with Gasteiger partial charge in [-0.15, -0.1) is 0 Å². The lowest BCUT2D eigenvalue weighted by Crippen LogP contribution is -2.48. The molecular formula is C5H5F5O. The van der Waals surface area contributed by atoms with Gasteiger partial charge in [-0.25, -0.2) is 0 Å². The summed E-state index contributed by atoms with van der Waals surface area (Å²) in [5.74, 6) is -4.96. The molecule has 0 heterocycles. The van der Waals surface area contributed by atoms with E-state index in [1.165, 1.54) is 0 Å². The fourth-order valence-corrected chi connectivity index (χ4v) is 0.696. The maximum atomic E-state index is 12.1. The zero-order chi connectivity index (χ0) is 8.91. The van der Waals surface area contributed by atoms with Gasteiger partial charge >= 0.3 is 12.1 Å². The van der Waals surface area contributed by atoms with Crippen molar-refractivity contribution in [2.75, 3.05) is 0 Å². The van der Waals surface area contributed by atoms with Crippen LogP contribution in [0.2, 0.25) is 0 Å². The third-order valence-corrected chi connectivity index (χ3v) is 1.66. The first-order valence-corrected chi connectivity index (χ1v) is 2.88. The van der Waals surface area contributed by atoms with Crippen LogP contribution in [0.15, 0.2) is 0 Å². The summed E-state index contributed by atoms with van der Waals surface area (Å²) in [6, 6.07) is 0. The average molecular weight is 176 g/mol. The molecule has 0 amide bonds. The summed E-state index contributed by atoms with van der Waals surface area (Å²) in [4.78, 5) is 0. The van der Waals surface area contributed by atoms with E-state index in [0.29, 0.717) is 0 Å². The number of aliphatic hydroxyl groups is 1. The molecule has 0 aromatic heterocycles. The summed E-state index contributed by atoms with van der Waals surface area (Å²) in [6.45, 7) is 0. The van der Waals surface area contributed by atoms with Crippen molar-refractivity contribution in [1.29, 1.82) is 0 Å². The second kappa shape index (κ2) is 1.85. The third-order valence-electron chi connectivity index (χ3n) is 1.66. The first kappa shape index (κ1) is 8.70. The highest BCUT2D eigenvalue weighted by Crippen LogP contribution is 2.54. The molecule has 0 aliphatic heterocycles. The Hall–Kier alpha value is -0.390. The molecule has 1 aliphatic carbocycles. The van der Waals surface area contributed by atoms with Gasteiger partial charge in [0.1, 0.15) is 5.60 Å². The number of hydrogen-bond donors (Lipinski definition) is 1. The molecule has 1 fully saturated rings. The molecule has 0 atom stereocenters.